The van der Waals surface area contributed by atoms with Crippen LogP contribution >= 0.6 is 11.6 Å². The van der Waals surface area contributed by atoms with E-state index in [2.05, 4.69) is 9.97 Å². The van der Waals surface area contributed by atoms with E-state index in [1.165, 1.54) is 0 Å². The summed E-state index contributed by atoms with van der Waals surface area (Å²) < 4.78 is 10.9. The van der Waals surface area contributed by atoms with E-state index in [0.29, 0.717) is 18.4 Å². The molecule has 0 radical (unpaired) electrons. The zero-order valence-electron chi connectivity index (χ0n) is 12.1. The second-order valence-electron chi connectivity index (χ2n) is 4.50. The smallest absolute Gasteiger partial charge is 0.138 e. The Hall–Kier alpha value is -0.710. The standard InChI is InChI=1S/C12H17ClN2O2.C2H6/c1-8(2)12-14-5-9(11(13)15-12)6-17-10-3-4-16-7-10;1-2/h5,8,10H,3-4,6-7H2,1-2H3;1-2H3. The molecule has 1 aromatic heterocycles. The molecule has 0 aromatic carbocycles. The van der Waals surface area contributed by atoms with E-state index in [4.69, 9.17) is 21.1 Å². The lowest BCUT2D eigenvalue weighted by molar-refractivity contribution is 0.0315. The third-order valence-corrected chi connectivity index (χ3v) is 3.04. The molecule has 2 rings (SSSR count). The van der Waals surface area contributed by atoms with Gasteiger partial charge in [-0.15, -0.1) is 0 Å². The molecule has 0 saturated carbocycles. The number of hydrogen-bond acceptors (Lipinski definition) is 4. The molecule has 1 atom stereocenters. The molecule has 1 saturated heterocycles. The molecule has 0 bridgehead atoms. The minimum Gasteiger partial charge on any atom is -0.379 e. The molecule has 0 N–H and O–H groups in total. The summed E-state index contributed by atoms with van der Waals surface area (Å²) >= 11 is 6.10. The van der Waals surface area contributed by atoms with Crippen LogP contribution in [0, 0.1) is 0 Å². The first-order valence-corrected chi connectivity index (χ1v) is 7.25. The Bertz CT molecular complexity index is 380. The Kier molecular flexibility index (Phi) is 7.28. The number of halogens is 1. The van der Waals surface area contributed by atoms with Crippen LogP contribution in [-0.4, -0.2) is 29.3 Å². The third kappa shape index (κ3) is 5.05. The van der Waals surface area contributed by atoms with Gasteiger partial charge in [0.15, 0.2) is 0 Å². The zero-order chi connectivity index (χ0) is 14.3. The van der Waals surface area contributed by atoms with Crippen molar-refractivity contribution in [1.82, 2.24) is 9.97 Å². The number of nitrogens with zero attached hydrogens (tertiary/aromatic N) is 2. The van der Waals surface area contributed by atoms with Gasteiger partial charge in [0.2, 0.25) is 0 Å². The minimum absolute atomic E-state index is 0.177. The summed E-state index contributed by atoms with van der Waals surface area (Å²) in [6, 6.07) is 0. The van der Waals surface area contributed by atoms with E-state index in [9.17, 15) is 0 Å². The highest BCUT2D eigenvalue weighted by molar-refractivity contribution is 6.30. The molecule has 108 valence electrons. The Morgan fingerprint density at radius 1 is 1.47 bits per heavy atom. The number of hydrogen-bond donors (Lipinski definition) is 0. The Balaban J connectivity index is 0.000000861. The number of rotatable bonds is 4. The van der Waals surface area contributed by atoms with Gasteiger partial charge in [-0.2, -0.15) is 0 Å². The van der Waals surface area contributed by atoms with Gasteiger partial charge in [0.05, 0.1) is 19.3 Å². The summed E-state index contributed by atoms with van der Waals surface area (Å²) in [5, 5.41) is 0.489. The molecule has 0 aliphatic carbocycles. The van der Waals surface area contributed by atoms with Crippen LogP contribution in [0.5, 0.6) is 0 Å². The maximum absolute atomic E-state index is 6.10. The highest BCUT2D eigenvalue weighted by Crippen LogP contribution is 2.18. The largest absolute Gasteiger partial charge is 0.379 e. The van der Waals surface area contributed by atoms with Gasteiger partial charge in [-0.1, -0.05) is 39.3 Å². The van der Waals surface area contributed by atoms with Crippen LogP contribution in [0.3, 0.4) is 0 Å². The summed E-state index contributed by atoms with van der Waals surface area (Å²) in [6.07, 6.45) is 2.87. The molecule has 5 heteroatoms. The summed E-state index contributed by atoms with van der Waals surface area (Å²) in [5.74, 6) is 1.05. The van der Waals surface area contributed by atoms with Crippen LogP contribution in [-0.2, 0) is 16.1 Å². The average Bonchev–Trinajstić information content (AvgIpc) is 2.92. The lowest BCUT2D eigenvalue weighted by atomic mass is 10.2. The third-order valence-electron chi connectivity index (χ3n) is 2.71. The summed E-state index contributed by atoms with van der Waals surface area (Å²) in [5.41, 5.74) is 0.836. The molecule has 2 heterocycles. The van der Waals surface area contributed by atoms with Crippen LogP contribution in [0.4, 0.5) is 0 Å². The minimum atomic E-state index is 0.177. The van der Waals surface area contributed by atoms with Gasteiger partial charge < -0.3 is 9.47 Å². The van der Waals surface area contributed by atoms with Crippen LogP contribution in [0.15, 0.2) is 6.20 Å². The maximum Gasteiger partial charge on any atom is 0.138 e. The predicted octanol–water partition coefficient (Wildman–Crippen LogP) is 3.59. The maximum atomic E-state index is 6.10. The molecule has 1 unspecified atom stereocenters. The van der Waals surface area contributed by atoms with Gasteiger partial charge in [-0.05, 0) is 6.42 Å². The molecule has 1 aromatic rings. The van der Waals surface area contributed by atoms with Crippen molar-refractivity contribution in [3.05, 3.63) is 22.7 Å². The molecule has 1 aliphatic heterocycles. The van der Waals surface area contributed by atoms with Crippen molar-refractivity contribution in [3.8, 4) is 0 Å². The van der Waals surface area contributed by atoms with Gasteiger partial charge in [0, 0.05) is 24.3 Å². The molecular formula is C14H23ClN2O2. The fourth-order valence-corrected chi connectivity index (χ4v) is 1.82. The monoisotopic (exact) mass is 286 g/mol. The van der Waals surface area contributed by atoms with Crippen molar-refractivity contribution in [1.29, 1.82) is 0 Å². The fraction of sp³-hybridized carbons (Fsp3) is 0.714. The van der Waals surface area contributed by atoms with Crippen LogP contribution in [0.25, 0.3) is 0 Å². The molecule has 19 heavy (non-hydrogen) atoms. The Labute approximate surface area is 120 Å². The van der Waals surface area contributed by atoms with Crippen molar-refractivity contribution in [2.24, 2.45) is 0 Å². The van der Waals surface area contributed by atoms with E-state index in [-0.39, 0.29) is 12.0 Å². The average molecular weight is 287 g/mol. The van der Waals surface area contributed by atoms with Gasteiger partial charge in [-0.25, -0.2) is 9.97 Å². The van der Waals surface area contributed by atoms with Gasteiger partial charge in [0.1, 0.15) is 11.0 Å². The SMILES string of the molecule is CC.CC(C)c1ncc(COC2CCOC2)c(Cl)n1. The van der Waals surface area contributed by atoms with Gasteiger partial charge in [-0.3, -0.25) is 0 Å². The molecular weight excluding hydrogens is 264 g/mol. The predicted molar refractivity (Wildman–Crippen MR) is 76.5 cm³/mol. The first-order chi connectivity index (χ1) is 9.16. The van der Waals surface area contributed by atoms with Crippen molar-refractivity contribution < 1.29 is 9.47 Å². The fourth-order valence-electron chi connectivity index (χ4n) is 1.63. The Morgan fingerprint density at radius 3 is 2.74 bits per heavy atom. The number of aromatic nitrogens is 2. The number of ether oxygens (including phenoxy) is 2. The molecule has 1 aliphatic rings. The quantitative estimate of drug-likeness (QED) is 0.794. The molecule has 4 nitrogen and oxygen atoms in total. The highest BCUT2D eigenvalue weighted by Gasteiger charge is 2.17. The summed E-state index contributed by atoms with van der Waals surface area (Å²) in [7, 11) is 0. The van der Waals surface area contributed by atoms with Crippen molar-refractivity contribution in [3.63, 3.8) is 0 Å². The van der Waals surface area contributed by atoms with Crippen molar-refractivity contribution in [2.75, 3.05) is 13.2 Å². The highest BCUT2D eigenvalue weighted by atomic mass is 35.5. The van der Waals surface area contributed by atoms with E-state index >= 15 is 0 Å². The van der Waals surface area contributed by atoms with Crippen LogP contribution in [0.2, 0.25) is 5.15 Å². The summed E-state index contributed by atoms with van der Waals surface area (Å²) in [4.78, 5) is 8.54. The normalized spacial score (nSPS) is 18.3. The van der Waals surface area contributed by atoms with Crippen molar-refractivity contribution in [2.45, 2.75) is 52.7 Å². The first-order valence-electron chi connectivity index (χ1n) is 6.87. The van der Waals surface area contributed by atoms with Gasteiger partial charge >= 0.3 is 0 Å². The van der Waals surface area contributed by atoms with Crippen LogP contribution in [0.1, 0.15) is 51.4 Å². The van der Waals surface area contributed by atoms with E-state index in [1.54, 1.807) is 6.20 Å². The van der Waals surface area contributed by atoms with E-state index < -0.39 is 0 Å². The van der Waals surface area contributed by atoms with Crippen molar-refractivity contribution >= 4 is 11.6 Å². The van der Waals surface area contributed by atoms with E-state index in [0.717, 1.165) is 24.4 Å². The van der Waals surface area contributed by atoms with Gasteiger partial charge in [0.25, 0.3) is 0 Å². The molecule has 1 fully saturated rings. The molecule has 0 spiro atoms. The lowest BCUT2D eigenvalue weighted by Crippen LogP contribution is -2.12. The summed E-state index contributed by atoms with van der Waals surface area (Å²) in [6.45, 7) is 9.98. The second kappa shape index (κ2) is 8.46. The topological polar surface area (TPSA) is 44.2 Å². The second-order valence-corrected chi connectivity index (χ2v) is 4.85. The lowest BCUT2D eigenvalue weighted by Gasteiger charge is -2.11. The Morgan fingerprint density at radius 2 is 2.21 bits per heavy atom. The van der Waals surface area contributed by atoms with E-state index in [1.807, 2.05) is 27.7 Å². The first kappa shape index (κ1) is 16.3. The van der Waals surface area contributed by atoms with Crippen LogP contribution < -0.4 is 0 Å². The molecule has 0 amide bonds. The zero-order valence-corrected chi connectivity index (χ0v) is 12.9.